The molecule has 7 nitrogen and oxygen atoms in total. The van der Waals surface area contributed by atoms with Crippen molar-refractivity contribution in [2.24, 2.45) is 12.0 Å². The first-order chi connectivity index (χ1) is 16.6. The molecule has 3 heterocycles. The van der Waals surface area contributed by atoms with Gasteiger partial charge in [0.05, 0.1) is 11.4 Å². The van der Waals surface area contributed by atoms with Crippen molar-refractivity contribution in [1.29, 1.82) is 0 Å². The van der Waals surface area contributed by atoms with Gasteiger partial charge in [0.25, 0.3) is 0 Å². The third-order valence-corrected chi connectivity index (χ3v) is 6.48. The molecule has 2 aliphatic rings. The number of nitrogens with one attached hydrogen (secondary N) is 1. The number of hydrogen-bond donors (Lipinski definition) is 1. The second-order valence-corrected chi connectivity index (χ2v) is 9.04. The fourth-order valence-electron chi connectivity index (χ4n) is 4.33. The van der Waals surface area contributed by atoms with E-state index in [9.17, 15) is 4.79 Å². The van der Waals surface area contributed by atoms with Crippen molar-refractivity contribution in [2.75, 3.05) is 12.1 Å². The molecule has 0 fully saturated rings. The number of rotatable bonds is 4. The zero-order chi connectivity index (χ0) is 23.2. The number of ether oxygens (including phenoxy) is 2. The first-order valence-corrected chi connectivity index (χ1v) is 11.5. The summed E-state index contributed by atoms with van der Waals surface area (Å²) in [6, 6.07) is 19.3. The lowest BCUT2D eigenvalue weighted by molar-refractivity contribution is -0.115. The van der Waals surface area contributed by atoms with Crippen LogP contribution in [-0.2, 0) is 11.8 Å². The van der Waals surface area contributed by atoms with Crippen LogP contribution < -0.4 is 14.8 Å². The number of imidazole rings is 1. The zero-order valence-corrected chi connectivity index (χ0v) is 19.7. The van der Waals surface area contributed by atoms with Crippen molar-refractivity contribution in [2.45, 2.75) is 5.92 Å². The lowest BCUT2D eigenvalue weighted by atomic mass is 9.90. The van der Waals surface area contributed by atoms with Crippen molar-refractivity contribution in [3.8, 4) is 22.9 Å². The summed E-state index contributed by atoms with van der Waals surface area (Å²) in [5, 5.41) is 2.99. The van der Waals surface area contributed by atoms with Gasteiger partial charge in [-0.1, -0.05) is 22.0 Å². The van der Waals surface area contributed by atoms with Gasteiger partial charge in [-0.15, -0.1) is 0 Å². The molecule has 6 rings (SSSR count). The molecule has 3 aromatic carbocycles. The predicted molar refractivity (Wildman–Crippen MR) is 133 cm³/mol. The van der Waals surface area contributed by atoms with Crippen molar-refractivity contribution in [3.63, 3.8) is 0 Å². The van der Waals surface area contributed by atoms with E-state index in [4.69, 9.17) is 14.5 Å². The maximum Gasteiger partial charge on any atom is 0.238 e. The summed E-state index contributed by atoms with van der Waals surface area (Å²) in [6.45, 7) is 0.181. The highest BCUT2D eigenvalue weighted by molar-refractivity contribution is 9.10. The number of aromatic nitrogens is 2. The summed E-state index contributed by atoms with van der Waals surface area (Å²) in [5.74, 6) is 1.53. The van der Waals surface area contributed by atoms with Crippen LogP contribution in [0.3, 0.4) is 0 Å². The summed E-state index contributed by atoms with van der Waals surface area (Å²) in [4.78, 5) is 22.5. The fourth-order valence-corrected chi connectivity index (χ4v) is 4.69. The highest BCUT2D eigenvalue weighted by Gasteiger charge is 2.36. The highest BCUT2D eigenvalue weighted by atomic mass is 79.9. The molecule has 1 aromatic heterocycles. The average Bonchev–Trinajstić information content (AvgIpc) is 3.55. The molecule has 1 amide bonds. The Bertz CT molecular complexity index is 1460. The van der Waals surface area contributed by atoms with Gasteiger partial charge in [0, 0.05) is 40.7 Å². The smallest absolute Gasteiger partial charge is 0.238 e. The number of benzene rings is 3. The Labute approximate surface area is 204 Å². The topological polar surface area (TPSA) is 77.7 Å². The van der Waals surface area contributed by atoms with Crippen LogP contribution in [0.2, 0.25) is 0 Å². The summed E-state index contributed by atoms with van der Waals surface area (Å²) in [5.41, 5.74) is 4.83. The third kappa shape index (κ3) is 3.56. The van der Waals surface area contributed by atoms with E-state index in [1.807, 2.05) is 78.5 Å². The van der Waals surface area contributed by atoms with E-state index in [1.165, 1.54) is 0 Å². The molecule has 168 valence electrons. The Hall–Kier alpha value is -3.91. The van der Waals surface area contributed by atoms with E-state index >= 15 is 0 Å². The maximum absolute atomic E-state index is 13.2. The van der Waals surface area contributed by atoms with E-state index in [0.29, 0.717) is 17.2 Å². The van der Waals surface area contributed by atoms with Gasteiger partial charge >= 0.3 is 0 Å². The number of carbonyl (C=O) groups is 1. The van der Waals surface area contributed by atoms with Gasteiger partial charge in [-0.3, -0.25) is 9.79 Å². The normalized spacial score (nSPS) is 16.5. The van der Waals surface area contributed by atoms with E-state index in [1.54, 1.807) is 6.20 Å². The molecule has 0 saturated carbocycles. The molecule has 0 saturated heterocycles. The molecule has 0 bridgehead atoms. The first kappa shape index (κ1) is 20.7. The van der Waals surface area contributed by atoms with E-state index < -0.39 is 5.92 Å². The minimum Gasteiger partial charge on any atom is -0.454 e. The number of halogens is 1. The molecule has 2 aliphatic heterocycles. The average molecular weight is 515 g/mol. The molecule has 34 heavy (non-hydrogen) atoms. The van der Waals surface area contributed by atoms with Crippen LogP contribution >= 0.6 is 15.9 Å². The number of nitrogens with zero attached hydrogens (tertiary/aromatic N) is 3. The number of carbonyl (C=O) groups excluding carboxylic acids is 1. The Balaban J connectivity index is 1.46. The number of hydrogen-bond acceptors (Lipinski definition) is 5. The molecule has 4 aromatic rings. The minimum atomic E-state index is -0.558. The Morgan fingerprint density at radius 2 is 1.91 bits per heavy atom. The quantitative estimate of drug-likeness (QED) is 0.368. The third-order valence-electron chi connectivity index (χ3n) is 5.98. The molecule has 1 atom stereocenters. The van der Waals surface area contributed by atoms with Crippen LogP contribution in [0, 0.1) is 0 Å². The monoisotopic (exact) mass is 514 g/mol. The summed E-state index contributed by atoms with van der Waals surface area (Å²) in [7, 11) is 1.96. The molecule has 8 heteroatoms. The predicted octanol–water partition coefficient (Wildman–Crippen LogP) is 5.44. The van der Waals surface area contributed by atoms with E-state index in [0.717, 1.165) is 38.4 Å². The molecule has 0 aliphatic carbocycles. The first-order valence-electron chi connectivity index (χ1n) is 10.7. The molecular weight excluding hydrogens is 496 g/mol. The van der Waals surface area contributed by atoms with Crippen molar-refractivity contribution in [1.82, 2.24) is 9.55 Å². The van der Waals surface area contributed by atoms with Crippen molar-refractivity contribution in [3.05, 3.63) is 88.7 Å². The fraction of sp³-hybridized carbons (Fsp3) is 0.115. The number of amides is 1. The molecule has 1 unspecified atom stereocenters. The second-order valence-electron chi connectivity index (χ2n) is 8.13. The Morgan fingerprint density at radius 1 is 1.09 bits per heavy atom. The summed E-state index contributed by atoms with van der Waals surface area (Å²) in [6.07, 6.45) is 3.68. The van der Waals surface area contributed by atoms with E-state index in [2.05, 4.69) is 26.2 Å². The van der Waals surface area contributed by atoms with Crippen LogP contribution in [0.5, 0.6) is 11.5 Å². The van der Waals surface area contributed by atoms with Crippen molar-refractivity contribution >= 4 is 38.9 Å². The van der Waals surface area contributed by atoms with Crippen LogP contribution in [0.25, 0.3) is 11.4 Å². The summed E-state index contributed by atoms with van der Waals surface area (Å²) >= 11 is 3.48. The lowest BCUT2D eigenvalue weighted by Crippen LogP contribution is -2.22. The Morgan fingerprint density at radius 3 is 2.71 bits per heavy atom. The number of anilines is 1. The van der Waals surface area contributed by atoms with E-state index in [-0.39, 0.29) is 12.7 Å². The van der Waals surface area contributed by atoms with Crippen LogP contribution in [0.15, 0.2) is 82.5 Å². The molecule has 0 radical (unpaired) electrons. The standard InChI is InChI=1S/C26H19BrN4O3/c1-31-11-10-28-25(31)15-2-6-18(7-3-15)29-24(16-4-9-21-22(12-16)34-14-33-21)23-19-8-5-17(27)13-20(19)30-26(23)32/h2-13,23H,14H2,1H3,(H,30,32). The molecule has 1 N–H and O–H groups in total. The van der Waals surface area contributed by atoms with Gasteiger partial charge in [-0.05, 0) is 60.2 Å². The number of aryl methyl sites for hydroxylation is 1. The van der Waals surface area contributed by atoms with Crippen LogP contribution in [-0.4, -0.2) is 28.0 Å². The number of fused-ring (bicyclic) bond motifs is 2. The van der Waals surface area contributed by atoms with Gasteiger partial charge in [0.15, 0.2) is 11.5 Å². The molecule has 0 spiro atoms. The highest BCUT2D eigenvalue weighted by Crippen LogP contribution is 2.40. The van der Waals surface area contributed by atoms with Gasteiger partial charge in [-0.25, -0.2) is 4.98 Å². The van der Waals surface area contributed by atoms with Gasteiger partial charge in [-0.2, -0.15) is 0 Å². The van der Waals surface area contributed by atoms with Crippen LogP contribution in [0.4, 0.5) is 11.4 Å². The zero-order valence-electron chi connectivity index (χ0n) is 18.2. The van der Waals surface area contributed by atoms with Gasteiger partial charge in [0.1, 0.15) is 11.7 Å². The largest absolute Gasteiger partial charge is 0.454 e. The Kier molecular flexibility index (Phi) is 4.95. The van der Waals surface area contributed by atoms with Gasteiger partial charge in [0.2, 0.25) is 12.7 Å². The lowest BCUT2D eigenvalue weighted by Gasteiger charge is -2.15. The van der Waals surface area contributed by atoms with Gasteiger partial charge < -0.3 is 19.4 Å². The minimum absolute atomic E-state index is 0.117. The molecular formula is C26H19BrN4O3. The number of aliphatic imine (C=N–C) groups is 1. The second kappa shape index (κ2) is 8.14. The van der Waals surface area contributed by atoms with Crippen LogP contribution in [0.1, 0.15) is 17.0 Å². The maximum atomic E-state index is 13.2. The summed E-state index contributed by atoms with van der Waals surface area (Å²) < 4.78 is 13.9. The van der Waals surface area contributed by atoms with Crippen molar-refractivity contribution < 1.29 is 14.3 Å². The SMILES string of the molecule is Cn1ccnc1-c1ccc(N=C(c2ccc3c(c2)OCO3)C2C(=O)Nc3cc(Br)ccc32)cc1.